The highest BCUT2D eigenvalue weighted by Crippen LogP contribution is 2.44. The van der Waals surface area contributed by atoms with Gasteiger partial charge in [0.2, 0.25) is 0 Å². The van der Waals surface area contributed by atoms with Crippen molar-refractivity contribution in [3.8, 4) is 0 Å². The van der Waals surface area contributed by atoms with Gasteiger partial charge in [0.25, 0.3) is 5.91 Å². The Morgan fingerprint density at radius 1 is 1.07 bits per heavy atom. The van der Waals surface area contributed by atoms with Crippen molar-refractivity contribution in [1.82, 2.24) is 10.6 Å². The zero-order valence-electron chi connectivity index (χ0n) is 16.8. The molecule has 152 valence electrons. The average molecular weight is 393 g/mol. The Morgan fingerprint density at radius 3 is 2.38 bits per heavy atom. The summed E-state index contributed by atoms with van der Waals surface area (Å²) in [7, 11) is 0. The Morgan fingerprint density at radius 2 is 1.72 bits per heavy atom. The molecule has 4 N–H and O–H groups in total. The molecule has 4 rings (SSSR count). The van der Waals surface area contributed by atoms with E-state index in [-0.39, 0.29) is 17.1 Å². The lowest BCUT2D eigenvalue weighted by Gasteiger charge is -2.45. The summed E-state index contributed by atoms with van der Waals surface area (Å²) in [5.74, 6) is -0.520. The van der Waals surface area contributed by atoms with Gasteiger partial charge in [-0.2, -0.15) is 0 Å². The fourth-order valence-corrected chi connectivity index (χ4v) is 4.92. The SMILES string of the molecule is CCN[C@]1(c2ccccc2)CC[C@]2(CC1)CN(c1ccccc1C(N)=O)C(=O)N2. The van der Waals surface area contributed by atoms with E-state index in [9.17, 15) is 9.59 Å². The summed E-state index contributed by atoms with van der Waals surface area (Å²) in [6, 6.07) is 17.5. The lowest BCUT2D eigenvalue weighted by Crippen LogP contribution is -2.54. The van der Waals surface area contributed by atoms with Crippen LogP contribution in [0.15, 0.2) is 54.6 Å². The third-order valence-electron chi connectivity index (χ3n) is 6.44. The van der Waals surface area contributed by atoms with Gasteiger partial charge >= 0.3 is 6.03 Å². The number of nitrogens with one attached hydrogen (secondary N) is 2. The number of benzene rings is 2. The molecule has 1 aliphatic carbocycles. The summed E-state index contributed by atoms with van der Waals surface area (Å²) in [4.78, 5) is 26.3. The summed E-state index contributed by atoms with van der Waals surface area (Å²) in [5.41, 5.74) is 7.44. The molecule has 0 bridgehead atoms. The molecule has 1 saturated carbocycles. The van der Waals surface area contributed by atoms with Crippen molar-refractivity contribution < 1.29 is 9.59 Å². The van der Waals surface area contributed by atoms with E-state index in [1.807, 2.05) is 12.1 Å². The molecular weight excluding hydrogens is 364 g/mol. The van der Waals surface area contributed by atoms with Crippen LogP contribution in [0.5, 0.6) is 0 Å². The van der Waals surface area contributed by atoms with Gasteiger partial charge in [-0.05, 0) is 49.9 Å². The van der Waals surface area contributed by atoms with Crippen molar-refractivity contribution >= 4 is 17.6 Å². The first kappa shape index (κ1) is 19.5. The van der Waals surface area contributed by atoms with Crippen LogP contribution in [0.3, 0.4) is 0 Å². The van der Waals surface area contributed by atoms with E-state index in [2.05, 4.69) is 41.8 Å². The molecule has 1 heterocycles. The molecule has 1 saturated heterocycles. The van der Waals surface area contributed by atoms with Crippen molar-refractivity contribution in [3.05, 3.63) is 65.7 Å². The van der Waals surface area contributed by atoms with Gasteiger partial charge in [-0.25, -0.2) is 4.79 Å². The fourth-order valence-electron chi connectivity index (χ4n) is 4.92. The maximum Gasteiger partial charge on any atom is 0.322 e. The number of primary amides is 1. The fraction of sp³-hybridized carbons (Fsp3) is 0.391. The van der Waals surface area contributed by atoms with E-state index in [4.69, 9.17) is 5.73 Å². The van der Waals surface area contributed by atoms with Gasteiger partial charge in [0.15, 0.2) is 0 Å². The van der Waals surface area contributed by atoms with E-state index in [1.165, 1.54) is 5.56 Å². The zero-order chi connectivity index (χ0) is 20.5. The van der Waals surface area contributed by atoms with Crippen molar-refractivity contribution in [3.63, 3.8) is 0 Å². The maximum atomic E-state index is 12.8. The lowest BCUT2D eigenvalue weighted by atomic mass is 9.69. The minimum atomic E-state index is -0.520. The lowest BCUT2D eigenvalue weighted by molar-refractivity contribution is 0.100. The molecule has 6 nitrogen and oxygen atoms in total. The topological polar surface area (TPSA) is 87.5 Å². The van der Waals surface area contributed by atoms with Gasteiger partial charge < -0.3 is 16.4 Å². The molecule has 0 aromatic heterocycles. The second kappa shape index (κ2) is 7.52. The quantitative estimate of drug-likeness (QED) is 0.730. The third kappa shape index (κ3) is 3.49. The molecule has 0 unspecified atom stereocenters. The highest BCUT2D eigenvalue weighted by atomic mass is 16.2. The van der Waals surface area contributed by atoms with Crippen LogP contribution in [-0.2, 0) is 5.54 Å². The van der Waals surface area contributed by atoms with Gasteiger partial charge in [-0.15, -0.1) is 0 Å². The Bertz CT molecular complexity index is 904. The van der Waals surface area contributed by atoms with Crippen molar-refractivity contribution in [2.24, 2.45) is 5.73 Å². The standard InChI is InChI=1S/C23H28N4O2/c1-2-25-23(17-8-4-3-5-9-17)14-12-22(13-15-23)16-27(21(29)26-22)19-11-7-6-10-18(19)20(24)28/h3-11,25H,2,12-16H2,1H3,(H2,24,28)(H,26,29)/t22-,23+. The summed E-state index contributed by atoms with van der Waals surface area (Å²) >= 11 is 0. The van der Waals surface area contributed by atoms with Crippen LogP contribution in [0.2, 0.25) is 0 Å². The molecule has 3 amide bonds. The Kier molecular flexibility index (Phi) is 5.04. The van der Waals surface area contributed by atoms with E-state index >= 15 is 0 Å². The van der Waals surface area contributed by atoms with Crippen LogP contribution in [0, 0.1) is 0 Å². The Labute approximate surface area is 171 Å². The van der Waals surface area contributed by atoms with Crippen molar-refractivity contribution in [2.45, 2.75) is 43.7 Å². The molecule has 2 aromatic carbocycles. The largest absolute Gasteiger partial charge is 0.366 e. The predicted octanol–water partition coefficient (Wildman–Crippen LogP) is 3.13. The third-order valence-corrected chi connectivity index (χ3v) is 6.44. The summed E-state index contributed by atoms with van der Waals surface area (Å²) in [6.07, 6.45) is 3.62. The molecule has 1 spiro atoms. The number of hydrogen-bond acceptors (Lipinski definition) is 3. The zero-order valence-corrected chi connectivity index (χ0v) is 16.8. The van der Waals surface area contributed by atoms with Crippen LogP contribution >= 0.6 is 0 Å². The average Bonchev–Trinajstić information content (AvgIpc) is 3.07. The predicted molar refractivity (Wildman–Crippen MR) is 114 cm³/mol. The number of rotatable bonds is 5. The van der Waals surface area contributed by atoms with E-state index in [0.29, 0.717) is 17.8 Å². The highest BCUT2D eigenvalue weighted by molar-refractivity contribution is 6.04. The number of para-hydroxylation sites is 1. The van der Waals surface area contributed by atoms with Crippen LogP contribution in [0.25, 0.3) is 0 Å². The Hall–Kier alpha value is -2.86. The number of nitrogens with zero attached hydrogens (tertiary/aromatic N) is 1. The van der Waals surface area contributed by atoms with Crippen LogP contribution in [0.4, 0.5) is 10.5 Å². The smallest absolute Gasteiger partial charge is 0.322 e. The van der Waals surface area contributed by atoms with Crippen LogP contribution in [0.1, 0.15) is 48.5 Å². The number of urea groups is 1. The number of amides is 3. The second-order valence-electron chi connectivity index (χ2n) is 8.16. The molecule has 29 heavy (non-hydrogen) atoms. The summed E-state index contributed by atoms with van der Waals surface area (Å²) in [6.45, 7) is 3.58. The monoisotopic (exact) mass is 392 g/mol. The van der Waals surface area contributed by atoms with Crippen LogP contribution < -0.4 is 21.3 Å². The van der Waals surface area contributed by atoms with E-state index in [1.54, 1.807) is 23.1 Å². The normalized spacial score (nSPS) is 26.5. The van der Waals surface area contributed by atoms with Gasteiger partial charge in [0, 0.05) is 5.54 Å². The van der Waals surface area contributed by atoms with Crippen LogP contribution in [-0.4, -0.2) is 30.6 Å². The van der Waals surface area contributed by atoms with Gasteiger partial charge in [0.1, 0.15) is 0 Å². The summed E-state index contributed by atoms with van der Waals surface area (Å²) < 4.78 is 0. The summed E-state index contributed by atoms with van der Waals surface area (Å²) in [5, 5.41) is 6.93. The molecular formula is C23H28N4O2. The van der Waals surface area contributed by atoms with Gasteiger partial charge in [-0.1, -0.05) is 49.4 Å². The van der Waals surface area contributed by atoms with Gasteiger partial charge in [-0.3, -0.25) is 9.69 Å². The number of hydrogen-bond donors (Lipinski definition) is 3. The number of anilines is 1. The molecule has 0 atom stereocenters. The molecule has 2 aromatic rings. The molecule has 1 aliphatic heterocycles. The molecule has 2 aliphatic rings. The Balaban J connectivity index is 1.56. The van der Waals surface area contributed by atoms with E-state index in [0.717, 1.165) is 32.2 Å². The molecule has 6 heteroatoms. The first-order valence-electron chi connectivity index (χ1n) is 10.3. The number of carbonyl (C=O) groups excluding carboxylic acids is 2. The second-order valence-corrected chi connectivity index (χ2v) is 8.16. The van der Waals surface area contributed by atoms with E-state index < -0.39 is 5.91 Å². The van der Waals surface area contributed by atoms with Crippen molar-refractivity contribution in [2.75, 3.05) is 18.0 Å². The highest BCUT2D eigenvalue weighted by Gasteiger charge is 2.49. The minimum absolute atomic E-state index is 0.0649. The number of carbonyl (C=O) groups is 2. The molecule has 0 radical (unpaired) electrons. The first-order valence-corrected chi connectivity index (χ1v) is 10.3. The van der Waals surface area contributed by atoms with Gasteiger partial charge in [0.05, 0.1) is 23.3 Å². The first-order chi connectivity index (χ1) is 14.0. The maximum absolute atomic E-state index is 12.8. The molecule has 2 fully saturated rings. The number of nitrogens with two attached hydrogens (primary N) is 1. The minimum Gasteiger partial charge on any atom is -0.366 e. The van der Waals surface area contributed by atoms with Crippen molar-refractivity contribution in [1.29, 1.82) is 0 Å².